The van der Waals surface area contributed by atoms with Crippen LogP contribution in [0.25, 0.3) is 0 Å². The third kappa shape index (κ3) is 1.78. The molecule has 0 aromatic rings. The standard InChI is InChI=1S/C10H17N3O2/c1-9(2-3-9)6-12-8(14)10(4-5-10)7(11)13-15/h15H,2-6H2,1H3,(H2,11,13)(H,12,14). The van der Waals surface area contributed by atoms with E-state index in [1.54, 1.807) is 0 Å². The van der Waals surface area contributed by atoms with E-state index >= 15 is 0 Å². The molecule has 84 valence electrons. The lowest BCUT2D eigenvalue weighted by Crippen LogP contribution is -2.42. The molecule has 2 aliphatic carbocycles. The average Bonchev–Trinajstić information content (AvgIpc) is 3.10. The van der Waals surface area contributed by atoms with Crippen molar-refractivity contribution in [3.8, 4) is 0 Å². The van der Waals surface area contributed by atoms with Crippen LogP contribution in [-0.4, -0.2) is 23.5 Å². The maximum absolute atomic E-state index is 11.8. The van der Waals surface area contributed by atoms with E-state index in [-0.39, 0.29) is 17.2 Å². The second kappa shape index (κ2) is 3.12. The van der Waals surface area contributed by atoms with Gasteiger partial charge in [0.15, 0.2) is 5.84 Å². The van der Waals surface area contributed by atoms with Gasteiger partial charge in [-0.15, -0.1) is 0 Å². The fourth-order valence-electron chi connectivity index (χ4n) is 1.67. The molecule has 0 aliphatic heterocycles. The average molecular weight is 211 g/mol. The quantitative estimate of drug-likeness (QED) is 0.273. The highest BCUT2D eigenvalue weighted by atomic mass is 16.4. The van der Waals surface area contributed by atoms with E-state index in [9.17, 15) is 4.79 Å². The first kappa shape index (κ1) is 10.3. The molecule has 5 heteroatoms. The zero-order chi connectivity index (χ0) is 11.1. The van der Waals surface area contributed by atoms with E-state index in [2.05, 4.69) is 17.4 Å². The first-order valence-corrected chi connectivity index (χ1v) is 5.29. The summed E-state index contributed by atoms with van der Waals surface area (Å²) < 4.78 is 0. The van der Waals surface area contributed by atoms with Crippen LogP contribution in [0.2, 0.25) is 0 Å². The minimum atomic E-state index is -0.708. The fourth-order valence-corrected chi connectivity index (χ4v) is 1.67. The Bertz CT molecular complexity index is 317. The van der Waals surface area contributed by atoms with Crippen molar-refractivity contribution in [3.05, 3.63) is 0 Å². The number of amides is 1. The molecular weight excluding hydrogens is 194 g/mol. The number of hydrogen-bond donors (Lipinski definition) is 3. The number of nitrogens with two attached hydrogens (primary N) is 1. The van der Waals surface area contributed by atoms with Crippen LogP contribution in [0.4, 0.5) is 0 Å². The van der Waals surface area contributed by atoms with Gasteiger partial charge < -0.3 is 16.3 Å². The largest absolute Gasteiger partial charge is 0.409 e. The molecule has 2 saturated carbocycles. The number of rotatable bonds is 4. The Morgan fingerprint density at radius 1 is 1.47 bits per heavy atom. The molecule has 1 amide bonds. The zero-order valence-corrected chi connectivity index (χ0v) is 8.92. The van der Waals surface area contributed by atoms with Gasteiger partial charge in [0, 0.05) is 6.54 Å². The first-order valence-electron chi connectivity index (χ1n) is 5.29. The summed E-state index contributed by atoms with van der Waals surface area (Å²) in [6.45, 7) is 2.85. The van der Waals surface area contributed by atoms with Gasteiger partial charge in [0.05, 0.1) is 0 Å². The molecule has 0 aromatic heterocycles. The van der Waals surface area contributed by atoms with E-state index in [4.69, 9.17) is 10.9 Å². The highest BCUT2D eigenvalue weighted by Gasteiger charge is 2.54. The molecule has 2 fully saturated rings. The lowest BCUT2D eigenvalue weighted by Gasteiger charge is -2.15. The van der Waals surface area contributed by atoms with Gasteiger partial charge in [0.1, 0.15) is 5.41 Å². The molecule has 0 unspecified atom stereocenters. The maximum Gasteiger partial charge on any atom is 0.233 e. The van der Waals surface area contributed by atoms with Crippen LogP contribution in [0.5, 0.6) is 0 Å². The summed E-state index contributed by atoms with van der Waals surface area (Å²) >= 11 is 0. The van der Waals surface area contributed by atoms with E-state index < -0.39 is 5.41 Å². The van der Waals surface area contributed by atoms with Crippen molar-refractivity contribution in [2.24, 2.45) is 21.7 Å². The predicted octanol–water partition coefficient (Wildman–Crippen LogP) is 0.429. The van der Waals surface area contributed by atoms with E-state index in [0.29, 0.717) is 19.4 Å². The number of nitrogens with one attached hydrogen (secondary N) is 1. The minimum absolute atomic E-state index is 0.0425. The summed E-state index contributed by atoms with van der Waals surface area (Å²) in [7, 11) is 0. The second-order valence-electron chi connectivity index (χ2n) is 5.06. The lowest BCUT2D eigenvalue weighted by atomic mass is 10.0. The number of carbonyl (C=O) groups excluding carboxylic acids is 1. The zero-order valence-electron chi connectivity index (χ0n) is 8.92. The molecule has 0 heterocycles. The number of oxime groups is 1. The Morgan fingerprint density at radius 2 is 2.07 bits per heavy atom. The predicted molar refractivity (Wildman–Crippen MR) is 55.4 cm³/mol. The van der Waals surface area contributed by atoms with Crippen LogP contribution < -0.4 is 11.1 Å². The van der Waals surface area contributed by atoms with Crippen LogP contribution >= 0.6 is 0 Å². The van der Waals surface area contributed by atoms with Gasteiger partial charge in [-0.05, 0) is 31.1 Å². The Balaban J connectivity index is 1.90. The van der Waals surface area contributed by atoms with Crippen LogP contribution in [0.1, 0.15) is 32.6 Å². The van der Waals surface area contributed by atoms with Gasteiger partial charge in [-0.3, -0.25) is 4.79 Å². The van der Waals surface area contributed by atoms with Gasteiger partial charge in [-0.1, -0.05) is 12.1 Å². The van der Waals surface area contributed by atoms with Crippen LogP contribution in [-0.2, 0) is 4.79 Å². The van der Waals surface area contributed by atoms with Crippen molar-refractivity contribution < 1.29 is 10.0 Å². The monoisotopic (exact) mass is 211 g/mol. The molecule has 0 aromatic carbocycles. The molecule has 0 radical (unpaired) electrons. The summed E-state index contributed by atoms with van der Waals surface area (Å²) in [4.78, 5) is 11.8. The van der Waals surface area contributed by atoms with Crippen LogP contribution in [0, 0.1) is 10.8 Å². The van der Waals surface area contributed by atoms with Crippen molar-refractivity contribution in [2.75, 3.05) is 6.54 Å². The lowest BCUT2D eigenvalue weighted by molar-refractivity contribution is -0.124. The molecule has 4 N–H and O–H groups in total. The summed E-state index contributed by atoms with van der Waals surface area (Å²) in [5, 5.41) is 14.4. The van der Waals surface area contributed by atoms with Gasteiger partial charge in [0.25, 0.3) is 0 Å². The van der Waals surface area contributed by atoms with Gasteiger partial charge in [-0.25, -0.2) is 0 Å². The third-order valence-corrected chi connectivity index (χ3v) is 3.56. The highest BCUT2D eigenvalue weighted by molar-refractivity contribution is 6.09. The topological polar surface area (TPSA) is 87.7 Å². The molecule has 0 saturated heterocycles. The molecule has 2 aliphatic rings. The number of amidine groups is 1. The number of hydrogen-bond acceptors (Lipinski definition) is 3. The van der Waals surface area contributed by atoms with Gasteiger partial charge in [-0.2, -0.15) is 0 Å². The van der Waals surface area contributed by atoms with Crippen molar-refractivity contribution in [1.29, 1.82) is 0 Å². The minimum Gasteiger partial charge on any atom is -0.409 e. The highest BCUT2D eigenvalue weighted by Crippen LogP contribution is 2.47. The summed E-state index contributed by atoms with van der Waals surface area (Å²) in [5.41, 5.74) is 5.09. The van der Waals surface area contributed by atoms with Crippen LogP contribution in [0.15, 0.2) is 5.16 Å². The number of carbonyl (C=O) groups is 1. The molecule has 5 nitrogen and oxygen atoms in total. The molecular formula is C10H17N3O2. The smallest absolute Gasteiger partial charge is 0.233 e. The summed E-state index contributed by atoms with van der Waals surface area (Å²) in [5.74, 6) is -0.0492. The van der Waals surface area contributed by atoms with E-state index in [0.717, 1.165) is 0 Å². The summed E-state index contributed by atoms with van der Waals surface area (Å²) in [6, 6.07) is 0. The van der Waals surface area contributed by atoms with Crippen molar-refractivity contribution in [2.45, 2.75) is 32.6 Å². The molecule has 2 rings (SSSR count). The van der Waals surface area contributed by atoms with E-state index in [1.165, 1.54) is 12.8 Å². The van der Waals surface area contributed by atoms with Gasteiger partial charge >= 0.3 is 0 Å². The third-order valence-electron chi connectivity index (χ3n) is 3.56. The van der Waals surface area contributed by atoms with Crippen molar-refractivity contribution >= 4 is 11.7 Å². The number of nitrogens with zero attached hydrogens (tertiary/aromatic N) is 1. The molecule has 0 spiro atoms. The van der Waals surface area contributed by atoms with E-state index in [1.807, 2.05) is 0 Å². The maximum atomic E-state index is 11.8. The Morgan fingerprint density at radius 3 is 2.47 bits per heavy atom. The normalized spacial score (nSPS) is 25.8. The molecule has 0 atom stereocenters. The van der Waals surface area contributed by atoms with Crippen LogP contribution in [0.3, 0.4) is 0 Å². The Kier molecular flexibility index (Phi) is 2.13. The Hall–Kier alpha value is -1.26. The SMILES string of the molecule is CC1(CNC(=O)C2(C(N)=NO)CC2)CC1. The van der Waals surface area contributed by atoms with Crippen molar-refractivity contribution in [1.82, 2.24) is 5.32 Å². The first-order chi connectivity index (χ1) is 7.02. The molecule has 0 bridgehead atoms. The summed E-state index contributed by atoms with van der Waals surface area (Å²) in [6.07, 6.45) is 3.71. The van der Waals surface area contributed by atoms with Crippen molar-refractivity contribution in [3.63, 3.8) is 0 Å². The second-order valence-corrected chi connectivity index (χ2v) is 5.06. The fraction of sp³-hybridized carbons (Fsp3) is 0.800. The Labute approximate surface area is 88.7 Å². The molecule has 15 heavy (non-hydrogen) atoms. The van der Waals surface area contributed by atoms with Gasteiger partial charge in [0.2, 0.25) is 5.91 Å².